The van der Waals surface area contributed by atoms with Crippen LogP contribution in [0.3, 0.4) is 0 Å². The molecule has 0 spiro atoms. The summed E-state index contributed by atoms with van der Waals surface area (Å²) in [4.78, 5) is 11.7. The molecule has 1 heterocycles. The molecular weight excluding hydrogens is 259 g/mol. The van der Waals surface area contributed by atoms with E-state index < -0.39 is 16.6 Å². The lowest BCUT2D eigenvalue weighted by molar-refractivity contribution is 0.102. The van der Waals surface area contributed by atoms with E-state index in [1.807, 2.05) is 0 Å². The van der Waals surface area contributed by atoms with E-state index in [1.54, 1.807) is 17.5 Å². The highest BCUT2D eigenvalue weighted by molar-refractivity contribution is 7.88. The number of carbonyl (C=O) groups is 1. The Bertz CT molecular complexity index is 549. The van der Waals surface area contributed by atoms with Crippen molar-refractivity contribution in [3.8, 4) is 0 Å². The fraction of sp³-hybridized carbons (Fsp3) is 0.0833. The van der Waals surface area contributed by atoms with E-state index in [1.165, 1.54) is 29.5 Å². The zero-order chi connectivity index (χ0) is 12.3. The third-order valence-corrected chi connectivity index (χ3v) is 4.75. The van der Waals surface area contributed by atoms with Gasteiger partial charge in [0, 0.05) is 5.56 Å². The van der Waals surface area contributed by atoms with Gasteiger partial charge in [-0.2, -0.15) is 0 Å². The monoisotopic (exact) mass is 268 g/mol. The van der Waals surface area contributed by atoms with Gasteiger partial charge in [-0.3, -0.25) is 9.00 Å². The molecule has 0 amide bonds. The highest BCUT2D eigenvalue weighted by Crippen LogP contribution is 2.15. The fourth-order valence-electron chi connectivity index (χ4n) is 1.33. The third kappa shape index (κ3) is 3.08. The minimum absolute atomic E-state index is 0.107. The Kier molecular flexibility index (Phi) is 3.81. The standard InChI is InChI=1S/C12H9FO2S2/c13-10-4-1-3-9(7-10)11(14)8-17(15)12-5-2-6-16-12/h1-7H,8H2. The number of hydrogen-bond acceptors (Lipinski definition) is 3. The molecule has 1 atom stereocenters. The second kappa shape index (κ2) is 5.33. The molecule has 0 aliphatic carbocycles. The zero-order valence-electron chi connectivity index (χ0n) is 8.76. The minimum atomic E-state index is -1.34. The molecule has 0 saturated carbocycles. The van der Waals surface area contributed by atoms with Crippen LogP contribution in [-0.2, 0) is 10.8 Å². The van der Waals surface area contributed by atoms with Gasteiger partial charge in [-0.1, -0.05) is 18.2 Å². The number of Topliss-reactive ketones (excluding diaryl/α,β-unsaturated/α-hetero) is 1. The summed E-state index contributed by atoms with van der Waals surface area (Å²) in [6.07, 6.45) is 0. The molecule has 1 aromatic heterocycles. The molecule has 0 aliphatic heterocycles. The summed E-state index contributed by atoms with van der Waals surface area (Å²) in [5.41, 5.74) is 0.259. The van der Waals surface area contributed by atoms with Crippen LogP contribution in [0.25, 0.3) is 0 Å². The maximum Gasteiger partial charge on any atom is 0.175 e. The van der Waals surface area contributed by atoms with Gasteiger partial charge >= 0.3 is 0 Å². The first-order valence-electron chi connectivity index (χ1n) is 4.87. The Morgan fingerprint density at radius 3 is 2.76 bits per heavy atom. The summed E-state index contributed by atoms with van der Waals surface area (Å²) in [7, 11) is -1.34. The van der Waals surface area contributed by atoms with E-state index in [4.69, 9.17) is 0 Å². The first kappa shape index (κ1) is 12.1. The summed E-state index contributed by atoms with van der Waals surface area (Å²) in [6, 6.07) is 8.93. The van der Waals surface area contributed by atoms with Crippen molar-refractivity contribution < 1.29 is 13.4 Å². The number of halogens is 1. The number of hydrogen-bond donors (Lipinski definition) is 0. The van der Waals surface area contributed by atoms with Gasteiger partial charge in [-0.05, 0) is 23.6 Å². The molecule has 17 heavy (non-hydrogen) atoms. The second-order valence-corrected chi connectivity index (χ2v) is 5.98. The van der Waals surface area contributed by atoms with Gasteiger partial charge in [-0.25, -0.2) is 4.39 Å². The van der Waals surface area contributed by atoms with Crippen molar-refractivity contribution in [2.75, 3.05) is 5.75 Å². The smallest absolute Gasteiger partial charge is 0.175 e. The molecular formula is C12H9FO2S2. The summed E-state index contributed by atoms with van der Waals surface area (Å²) in [5.74, 6) is -0.877. The summed E-state index contributed by atoms with van der Waals surface area (Å²) < 4.78 is 25.4. The Labute approximate surface area is 105 Å². The number of rotatable bonds is 4. The molecule has 0 N–H and O–H groups in total. The molecule has 2 aromatic rings. The molecule has 0 bridgehead atoms. The highest BCUT2D eigenvalue weighted by atomic mass is 32.2. The van der Waals surface area contributed by atoms with Crippen LogP contribution in [-0.4, -0.2) is 15.7 Å². The average molecular weight is 268 g/mol. The molecule has 5 heteroatoms. The lowest BCUT2D eigenvalue weighted by atomic mass is 10.1. The number of benzene rings is 1. The zero-order valence-corrected chi connectivity index (χ0v) is 10.4. The van der Waals surface area contributed by atoms with Crippen LogP contribution in [0.15, 0.2) is 46.0 Å². The van der Waals surface area contributed by atoms with Gasteiger partial charge in [-0.15, -0.1) is 11.3 Å². The van der Waals surface area contributed by atoms with Gasteiger partial charge in [0.2, 0.25) is 0 Å². The predicted octanol–water partition coefficient (Wildman–Crippen LogP) is 2.88. The van der Waals surface area contributed by atoms with Gasteiger partial charge in [0.05, 0.1) is 20.8 Å². The minimum Gasteiger partial charge on any atom is -0.293 e. The highest BCUT2D eigenvalue weighted by Gasteiger charge is 2.13. The summed E-state index contributed by atoms with van der Waals surface area (Å²) in [6.45, 7) is 0. The SMILES string of the molecule is O=C(CS(=O)c1cccs1)c1cccc(F)c1. The first-order chi connectivity index (χ1) is 8.16. The molecule has 2 rings (SSSR count). The maximum absolute atomic E-state index is 12.9. The van der Waals surface area contributed by atoms with E-state index in [0.717, 1.165) is 6.07 Å². The molecule has 0 fully saturated rings. The van der Waals surface area contributed by atoms with Crippen LogP contribution in [0.4, 0.5) is 4.39 Å². The van der Waals surface area contributed by atoms with E-state index in [9.17, 15) is 13.4 Å². The quantitative estimate of drug-likeness (QED) is 0.799. The molecule has 2 nitrogen and oxygen atoms in total. The van der Waals surface area contributed by atoms with Gasteiger partial charge in [0.25, 0.3) is 0 Å². The average Bonchev–Trinajstić information content (AvgIpc) is 2.82. The molecule has 88 valence electrons. The molecule has 1 aromatic carbocycles. The number of carbonyl (C=O) groups excluding carboxylic acids is 1. The van der Waals surface area contributed by atoms with Crippen LogP contribution < -0.4 is 0 Å². The summed E-state index contributed by atoms with van der Waals surface area (Å²) >= 11 is 1.34. The fourth-order valence-corrected chi connectivity index (χ4v) is 3.33. The van der Waals surface area contributed by atoms with E-state index in [-0.39, 0.29) is 17.1 Å². The van der Waals surface area contributed by atoms with Crippen LogP contribution in [0.1, 0.15) is 10.4 Å². The van der Waals surface area contributed by atoms with Crippen LogP contribution in [0.2, 0.25) is 0 Å². The largest absolute Gasteiger partial charge is 0.293 e. The van der Waals surface area contributed by atoms with Gasteiger partial charge in [0.1, 0.15) is 5.82 Å². The second-order valence-electron chi connectivity index (χ2n) is 3.36. The molecule has 0 radical (unpaired) electrons. The number of ketones is 1. The van der Waals surface area contributed by atoms with Gasteiger partial charge in [0.15, 0.2) is 5.78 Å². The van der Waals surface area contributed by atoms with Crippen LogP contribution >= 0.6 is 11.3 Å². The van der Waals surface area contributed by atoms with Crippen molar-refractivity contribution in [3.05, 3.63) is 53.2 Å². The van der Waals surface area contributed by atoms with Crippen molar-refractivity contribution in [1.82, 2.24) is 0 Å². The lowest BCUT2D eigenvalue weighted by Crippen LogP contribution is -2.10. The van der Waals surface area contributed by atoms with Crippen LogP contribution in [0, 0.1) is 5.82 Å². The Balaban J connectivity index is 2.10. The Morgan fingerprint density at radius 1 is 1.29 bits per heavy atom. The van der Waals surface area contributed by atoms with Crippen molar-refractivity contribution in [2.45, 2.75) is 4.21 Å². The third-order valence-electron chi connectivity index (χ3n) is 2.13. The maximum atomic E-state index is 12.9. The molecule has 0 saturated heterocycles. The van der Waals surface area contributed by atoms with Crippen LogP contribution in [0.5, 0.6) is 0 Å². The normalized spacial score (nSPS) is 12.3. The molecule has 0 aliphatic rings. The number of thiophene rings is 1. The Morgan fingerprint density at radius 2 is 2.12 bits per heavy atom. The predicted molar refractivity (Wildman–Crippen MR) is 66.3 cm³/mol. The van der Waals surface area contributed by atoms with Crippen molar-refractivity contribution >= 4 is 27.9 Å². The van der Waals surface area contributed by atoms with Crippen molar-refractivity contribution in [3.63, 3.8) is 0 Å². The summed E-state index contributed by atoms with van der Waals surface area (Å²) in [5, 5.41) is 1.81. The van der Waals surface area contributed by atoms with Crippen molar-refractivity contribution in [2.24, 2.45) is 0 Å². The first-order valence-corrected chi connectivity index (χ1v) is 7.07. The Hall–Kier alpha value is -1.33. The topological polar surface area (TPSA) is 34.1 Å². The van der Waals surface area contributed by atoms with Gasteiger partial charge < -0.3 is 0 Å². The lowest BCUT2D eigenvalue weighted by Gasteiger charge is -2.00. The van der Waals surface area contributed by atoms with Crippen molar-refractivity contribution in [1.29, 1.82) is 0 Å². The van der Waals surface area contributed by atoms with E-state index in [0.29, 0.717) is 4.21 Å². The molecule has 1 unspecified atom stereocenters. The van der Waals surface area contributed by atoms with E-state index in [2.05, 4.69) is 0 Å². The van der Waals surface area contributed by atoms with E-state index >= 15 is 0 Å².